The summed E-state index contributed by atoms with van der Waals surface area (Å²) in [5.41, 5.74) is 1.47. The lowest BCUT2D eigenvalue weighted by atomic mass is 9.88. The summed E-state index contributed by atoms with van der Waals surface area (Å²) in [5.74, 6) is 0.147. The molecule has 1 aliphatic rings. The lowest BCUT2D eigenvalue weighted by Crippen LogP contribution is -2.23. The fourth-order valence-corrected chi connectivity index (χ4v) is 3.43. The number of Topliss-reactive ketones (excluding diaryl/α,β-unsaturated/α-hetero) is 1. The molecule has 0 amide bonds. The topological polar surface area (TPSA) is 55.1 Å². The Morgan fingerprint density at radius 1 is 1.26 bits per heavy atom. The van der Waals surface area contributed by atoms with E-state index in [9.17, 15) is 9.90 Å². The molecule has 4 rings (SSSR count). The van der Waals surface area contributed by atoms with E-state index in [4.69, 9.17) is 0 Å². The Balaban J connectivity index is 1.80. The number of rotatable bonds is 3. The number of carbonyl (C=O) groups is 1. The summed E-state index contributed by atoms with van der Waals surface area (Å²) in [7, 11) is 0. The van der Waals surface area contributed by atoms with Crippen LogP contribution in [0.1, 0.15) is 41.4 Å². The number of fused-ring (bicyclic) bond motifs is 2. The Hall–Kier alpha value is -2.46. The molecule has 0 aliphatic carbocycles. The van der Waals surface area contributed by atoms with Gasteiger partial charge in [0.05, 0.1) is 18.2 Å². The SMILES string of the molecule is CCC(=O)c1ccc2cc(C3(O)CCn4cncc43)ccc2c1. The summed E-state index contributed by atoms with van der Waals surface area (Å²) >= 11 is 0. The van der Waals surface area contributed by atoms with Crippen LogP contribution in [0.25, 0.3) is 10.8 Å². The van der Waals surface area contributed by atoms with Gasteiger partial charge in [-0.3, -0.25) is 4.79 Å². The van der Waals surface area contributed by atoms with Crippen LogP contribution in [0.2, 0.25) is 0 Å². The fraction of sp³-hybridized carbons (Fsp3) is 0.263. The first-order valence-corrected chi connectivity index (χ1v) is 7.92. The van der Waals surface area contributed by atoms with E-state index in [-0.39, 0.29) is 5.78 Å². The number of benzene rings is 2. The van der Waals surface area contributed by atoms with Gasteiger partial charge in [0.15, 0.2) is 5.78 Å². The molecule has 0 spiro atoms. The van der Waals surface area contributed by atoms with Crippen molar-refractivity contribution in [2.75, 3.05) is 0 Å². The molecule has 4 heteroatoms. The van der Waals surface area contributed by atoms with E-state index < -0.39 is 5.60 Å². The van der Waals surface area contributed by atoms with Gasteiger partial charge >= 0.3 is 0 Å². The van der Waals surface area contributed by atoms with E-state index >= 15 is 0 Å². The molecule has 1 aromatic heterocycles. The molecule has 4 nitrogen and oxygen atoms in total. The molecule has 116 valence electrons. The molecule has 0 fully saturated rings. The van der Waals surface area contributed by atoms with Crippen LogP contribution in [0, 0.1) is 0 Å². The van der Waals surface area contributed by atoms with Crippen LogP contribution in [0.5, 0.6) is 0 Å². The molecule has 0 radical (unpaired) electrons. The third-order valence-corrected chi connectivity index (χ3v) is 4.81. The second kappa shape index (κ2) is 5.03. The number of hydrogen-bond acceptors (Lipinski definition) is 3. The number of carbonyl (C=O) groups excluding carboxylic acids is 1. The Morgan fingerprint density at radius 2 is 2.04 bits per heavy atom. The van der Waals surface area contributed by atoms with Crippen LogP contribution in [0.4, 0.5) is 0 Å². The van der Waals surface area contributed by atoms with Gasteiger partial charge in [-0.1, -0.05) is 31.2 Å². The first-order valence-electron chi connectivity index (χ1n) is 7.92. The molecular formula is C19H18N2O2. The summed E-state index contributed by atoms with van der Waals surface area (Å²) in [6, 6.07) is 11.7. The van der Waals surface area contributed by atoms with E-state index in [1.165, 1.54) is 0 Å². The average molecular weight is 306 g/mol. The zero-order valence-electron chi connectivity index (χ0n) is 13.0. The highest BCUT2D eigenvalue weighted by Crippen LogP contribution is 2.39. The minimum absolute atomic E-state index is 0.147. The molecule has 3 aromatic rings. The average Bonchev–Trinajstić information content (AvgIpc) is 3.18. The first kappa shape index (κ1) is 14.2. The predicted octanol–water partition coefficient (Wildman–Crippen LogP) is 3.27. The molecule has 1 unspecified atom stereocenters. The predicted molar refractivity (Wildman–Crippen MR) is 88.4 cm³/mol. The second-order valence-electron chi connectivity index (χ2n) is 6.14. The molecule has 23 heavy (non-hydrogen) atoms. The zero-order valence-corrected chi connectivity index (χ0v) is 13.0. The third-order valence-electron chi connectivity index (χ3n) is 4.81. The summed E-state index contributed by atoms with van der Waals surface area (Å²) in [6.07, 6.45) is 4.66. The third kappa shape index (κ3) is 2.10. The van der Waals surface area contributed by atoms with E-state index in [2.05, 4.69) is 4.98 Å². The van der Waals surface area contributed by atoms with Crippen molar-refractivity contribution in [1.82, 2.24) is 9.55 Å². The van der Waals surface area contributed by atoms with Gasteiger partial charge < -0.3 is 9.67 Å². The highest BCUT2D eigenvalue weighted by molar-refractivity contribution is 5.99. The lowest BCUT2D eigenvalue weighted by Gasteiger charge is -2.23. The van der Waals surface area contributed by atoms with Crippen LogP contribution in [0.3, 0.4) is 0 Å². The zero-order chi connectivity index (χ0) is 16.0. The Morgan fingerprint density at radius 3 is 2.87 bits per heavy atom. The fourth-order valence-electron chi connectivity index (χ4n) is 3.43. The summed E-state index contributed by atoms with van der Waals surface area (Å²) in [6.45, 7) is 2.64. The van der Waals surface area contributed by atoms with Gasteiger partial charge in [-0.05, 0) is 28.5 Å². The monoisotopic (exact) mass is 306 g/mol. The molecule has 1 N–H and O–H groups in total. The van der Waals surface area contributed by atoms with Crippen LogP contribution < -0.4 is 0 Å². The van der Waals surface area contributed by atoms with Crippen molar-refractivity contribution in [1.29, 1.82) is 0 Å². The van der Waals surface area contributed by atoms with Crippen molar-refractivity contribution in [3.63, 3.8) is 0 Å². The lowest BCUT2D eigenvalue weighted by molar-refractivity contribution is 0.0826. The van der Waals surface area contributed by atoms with E-state index in [0.29, 0.717) is 12.8 Å². The van der Waals surface area contributed by atoms with Gasteiger partial charge in [0, 0.05) is 24.9 Å². The number of aromatic nitrogens is 2. The Bertz CT molecular complexity index is 913. The Labute approximate surface area is 134 Å². The minimum Gasteiger partial charge on any atom is -0.379 e. The number of aryl methyl sites for hydroxylation is 1. The maximum absolute atomic E-state index is 11.8. The van der Waals surface area contributed by atoms with Crippen molar-refractivity contribution in [2.24, 2.45) is 0 Å². The van der Waals surface area contributed by atoms with Gasteiger partial charge in [0.2, 0.25) is 0 Å². The molecule has 2 aromatic carbocycles. The van der Waals surface area contributed by atoms with Crippen LogP contribution in [-0.4, -0.2) is 20.4 Å². The molecule has 0 bridgehead atoms. The Kier molecular flexibility index (Phi) is 3.10. The van der Waals surface area contributed by atoms with Crippen molar-refractivity contribution < 1.29 is 9.90 Å². The molecule has 2 heterocycles. The number of hydrogen-bond donors (Lipinski definition) is 1. The smallest absolute Gasteiger partial charge is 0.162 e. The van der Waals surface area contributed by atoms with E-state index in [1.807, 2.05) is 47.9 Å². The molecular weight excluding hydrogens is 288 g/mol. The van der Waals surface area contributed by atoms with Crippen molar-refractivity contribution in [2.45, 2.75) is 31.9 Å². The van der Waals surface area contributed by atoms with Crippen LogP contribution in [0.15, 0.2) is 48.9 Å². The van der Waals surface area contributed by atoms with E-state index in [1.54, 1.807) is 12.5 Å². The number of nitrogens with zero attached hydrogens (tertiary/aromatic N) is 2. The molecule has 1 atom stereocenters. The van der Waals surface area contributed by atoms with Gasteiger partial charge in [0.25, 0.3) is 0 Å². The minimum atomic E-state index is -0.984. The standard InChI is InChI=1S/C19H18N2O2/c1-2-17(22)15-4-3-14-10-16(6-5-13(14)9-15)19(23)7-8-21-12-20-11-18(19)21/h3-6,9-12,23H,2,7-8H2,1H3. The quantitative estimate of drug-likeness (QED) is 0.756. The van der Waals surface area contributed by atoms with Gasteiger partial charge in [-0.2, -0.15) is 0 Å². The summed E-state index contributed by atoms with van der Waals surface area (Å²) in [4.78, 5) is 16.0. The number of imidazole rings is 1. The molecule has 0 saturated carbocycles. The normalized spacial score (nSPS) is 19.9. The number of aliphatic hydroxyl groups is 1. The van der Waals surface area contributed by atoms with Crippen LogP contribution in [-0.2, 0) is 12.1 Å². The van der Waals surface area contributed by atoms with Crippen molar-refractivity contribution >= 4 is 16.6 Å². The highest BCUT2D eigenvalue weighted by atomic mass is 16.3. The highest BCUT2D eigenvalue weighted by Gasteiger charge is 2.39. The maximum atomic E-state index is 11.8. The number of ketones is 1. The van der Waals surface area contributed by atoms with Crippen molar-refractivity contribution in [3.8, 4) is 0 Å². The van der Waals surface area contributed by atoms with Crippen LogP contribution >= 0.6 is 0 Å². The van der Waals surface area contributed by atoms with Gasteiger partial charge in [-0.15, -0.1) is 0 Å². The summed E-state index contributed by atoms with van der Waals surface area (Å²) in [5, 5.41) is 13.2. The summed E-state index contributed by atoms with van der Waals surface area (Å²) < 4.78 is 1.99. The van der Waals surface area contributed by atoms with Gasteiger partial charge in [-0.25, -0.2) is 4.98 Å². The van der Waals surface area contributed by atoms with Crippen molar-refractivity contribution in [3.05, 3.63) is 65.7 Å². The van der Waals surface area contributed by atoms with E-state index in [0.717, 1.165) is 34.1 Å². The first-order chi connectivity index (χ1) is 11.1. The second-order valence-corrected chi connectivity index (χ2v) is 6.14. The molecule has 1 aliphatic heterocycles. The van der Waals surface area contributed by atoms with Gasteiger partial charge in [0.1, 0.15) is 5.60 Å². The largest absolute Gasteiger partial charge is 0.379 e. The maximum Gasteiger partial charge on any atom is 0.162 e. The molecule has 0 saturated heterocycles.